The first-order valence-corrected chi connectivity index (χ1v) is 13.6. The molecule has 0 spiro atoms. The third kappa shape index (κ3) is 4.15. The first-order chi connectivity index (χ1) is 21.6. The molecule has 0 saturated carbocycles. The number of para-hydroxylation sites is 1. The summed E-state index contributed by atoms with van der Waals surface area (Å²) in [6.07, 6.45) is 0. The van der Waals surface area contributed by atoms with Crippen molar-refractivity contribution in [1.82, 2.24) is 15.0 Å². The molecule has 7 rings (SSSR count). The molecule has 0 aliphatic carbocycles. The van der Waals surface area contributed by atoms with Crippen LogP contribution < -0.4 is 0 Å². The number of nitrogens with zero attached hydrogens (tertiary/aromatic N) is 7. The molecule has 0 aliphatic rings. The molecule has 0 fully saturated rings. The Kier molecular flexibility index (Phi) is 6.19. The average molecular weight is 560 g/mol. The predicted molar refractivity (Wildman–Crippen MR) is 168 cm³/mol. The van der Waals surface area contributed by atoms with Gasteiger partial charge in [-0.3, -0.25) is 0 Å². The van der Waals surface area contributed by atoms with E-state index in [4.69, 9.17) is 15.0 Å². The van der Waals surface area contributed by atoms with Crippen molar-refractivity contribution in [2.24, 2.45) is 0 Å². The molecular formula is C37H17N7. The summed E-state index contributed by atoms with van der Waals surface area (Å²) in [5.41, 5.74) is 7.33. The minimum atomic E-state index is 0.410. The molecule has 0 saturated heterocycles. The second-order valence-electron chi connectivity index (χ2n) is 10.1. The third-order valence-electron chi connectivity index (χ3n) is 7.60. The van der Waals surface area contributed by atoms with E-state index in [9.17, 15) is 21.0 Å². The lowest BCUT2D eigenvalue weighted by Gasteiger charge is -2.16. The maximum absolute atomic E-state index is 10.4. The monoisotopic (exact) mass is 559 g/mol. The Bertz CT molecular complexity index is 2470. The van der Waals surface area contributed by atoms with Gasteiger partial charge in [0, 0.05) is 32.8 Å². The molecule has 2 heterocycles. The second-order valence-corrected chi connectivity index (χ2v) is 10.1. The summed E-state index contributed by atoms with van der Waals surface area (Å²) in [5.74, 6) is 0. The SMILES string of the molecule is N#Cc1ccc(-c2nc3cc(C#N)c4c5ccccc5nc(-c5ccccc5C#N)c4c3nc2-c2ccc(C#N)cc2)cc1. The Balaban J connectivity index is 1.69. The van der Waals surface area contributed by atoms with Gasteiger partial charge in [0.1, 0.15) is 0 Å². The van der Waals surface area contributed by atoms with Gasteiger partial charge in [-0.1, -0.05) is 60.7 Å². The number of benzene rings is 5. The summed E-state index contributed by atoms with van der Waals surface area (Å²) in [7, 11) is 0. The largest absolute Gasteiger partial charge is 0.247 e. The van der Waals surface area contributed by atoms with Gasteiger partial charge in [0.05, 0.1) is 80.2 Å². The molecule has 7 nitrogen and oxygen atoms in total. The van der Waals surface area contributed by atoms with Crippen LogP contribution in [0.1, 0.15) is 22.3 Å². The highest BCUT2D eigenvalue weighted by Gasteiger charge is 2.22. The van der Waals surface area contributed by atoms with Crippen molar-refractivity contribution in [3.63, 3.8) is 0 Å². The molecule has 0 N–H and O–H groups in total. The maximum Gasteiger partial charge on any atom is 0.0999 e. The van der Waals surface area contributed by atoms with E-state index in [1.807, 2.05) is 60.7 Å². The van der Waals surface area contributed by atoms with Crippen LogP contribution in [0.3, 0.4) is 0 Å². The smallest absolute Gasteiger partial charge is 0.0999 e. The first kappa shape index (κ1) is 26.0. The van der Waals surface area contributed by atoms with Crippen LogP contribution in [0.2, 0.25) is 0 Å². The number of hydrogen-bond acceptors (Lipinski definition) is 7. The molecule has 0 amide bonds. The highest BCUT2D eigenvalue weighted by molar-refractivity contribution is 6.22. The normalized spacial score (nSPS) is 10.6. The van der Waals surface area contributed by atoms with Crippen molar-refractivity contribution in [3.8, 4) is 58.0 Å². The second kappa shape index (κ2) is 10.5. The zero-order chi connectivity index (χ0) is 30.2. The Labute approximate surface area is 251 Å². The molecule has 200 valence electrons. The molecule has 2 aromatic heterocycles. The fourth-order valence-electron chi connectivity index (χ4n) is 5.54. The maximum atomic E-state index is 10.4. The molecule has 7 heteroatoms. The molecule has 0 aliphatic heterocycles. The summed E-state index contributed by atoms with van der Waals surface area (Å²) < 4.78 is 0. The Morgan fingerprint density at radius 2 is 1.02 bits per heavy atom. The molecule has 0 atom stereocenters. The van der Waals surface area contributed by atoms with Crippen molar-refractivity contribution in [3.05, 3.63) is 125 Å². The molecule has 0 radical (unpaired) electrons. The van der Waals surface area contributed by atoms with Gasteiger partial charge in [-0.05, 0) is 42.5 Å². The quantitative estimate of drug-likeness (QED) is 0.201. The molecule has 7 aromatic rings. The Hall–Kier alpha value is -6.93. The Morgan fingerprint density at radius 3 is 1.66 bits per heavy atom. The third-order valence-corrected chi connectivity index (χ3v) is 7.60. The van der Waals surface area contributed by atoms with E-state index in [0.717, 1.165) is 16.5 Å². The fourth-order valence-corrected chi connectivity index (χ4v) is 5.54. The number of aromatic nitrogens is 3. The molecule has 0 bridgehead atoms. The van der Waals surface area contributed by atoms with Crippen LogP contribution in [0.5, 0.6) is 0 Å². The lowest BCUT2D eigenvalue weighted by Crippen LogP contribution is -2.00. The van der Waals surface area contributed by atoms with E-state index in [2.05, 4.69) is 24.3 Å². The van der Waals surface area contributed by atoms with Crippen LogP contribution in [-0.2, 0) is 0 Å². The summed E-state index contributed by atoms with van der Waals surface area (Å²) in [6.45, 7) is 0. The van der Waals surface area contributed by atoms with E-state index >= 15 is 0 Å². The van der Waals surface area contributed by atoms with Crippen molar-refractivity contribution in [1.29, 1.82) is 21.0 Å². The zero-order valence-electron chi connectivity index (χ0n) is 22.9. The van der Waals surface area contributed by atoms with E-state index in [1.54, 1.807) is 42.5 Å². The predicted octanol–water partition coefficient (Wildman–Crippen LogP) is 7.82. The van der Waals surface area contributed by atoms with Crippen LogP contribution in [0, 0.1) is 45.3 Å². The number of hydrogen-bond donors (Lipinski definition) is 0. The lowest BCUT2D eigenvalue weighted by molar-refractivity contribution is 1.29. The number of nitriles is 4. The zero-order valence-corrected chi connectivity index (χ0v) is 22.9. The van der Waals surface area contributed by atoms with E-state index in [0.29, 0.717) is 72.2 Å². The number of fused-ring (bicyclic) bond motifs is 5. The van der Waals surface area contributed by atoms with Crippen molar-refractivity contribution < 1.29 is 0 Å². The molecule has 5 aromatic carbocycles. The van der Waals surface area contributed by atoms with E-state index in [-0.39, 0.29) is 0 Å². The van der Waals surface area contributed by atoms with Crippen LogP contribution >= 0.6 is 0 Å². The lowest BCUT2D eigenvalue weighted by atomic mass is 9.93. The van der Waals surface area contributed by atoms with Crippen LogP contribution in [0.4, 0.5) is 0 Å². The summed E-state index contributed by atoms with van der Waals surface area (Å²) in [5, 5.41) is 41.3. The van der Waals surface area contributed by atoms with Gasteiger partial charge in [-0.2, -0.15) is 21.0 Å². The summed E-state index contributed by atoms with van der Waals surface area (Å²) >= 11 is 0. The summed E-state index contributed by atoms with van der Waals surface area (Å²) in [4.78, 5) is 15.3. The van der Waals surface area contributed by atoms with Gasteiger partial charge in [0.2, 0.25) is 0 Å². The number of pyridine rings is 1. The van der Waals surface area contributed by atoms with Crippen molar-refractivity contribution in [2.45, 2.75) is 0 Å². The van der Waals surface area contributed by atoms with Crippen molar-refractivity contribution in [2.75, 3.05) is 0 Å². The summed E-state index contributed by atoms with van der Waals surface area (Å²) in [6, 6.07) is 39.7. The number of rotatable bonds is 3. The van der Waals surface area contributed by atoms with E-state index < -0.39 is 0 Å². The minimum Gasteiger partial charge on any atom is -0.247 e. The molecular weight excluding hydrogens is 542 g/mol. The van der Waals surface area contributed by atoms with Gasteiger partial charge in [-0.25, -0.2) is 15.0 Å². The van der Waals surface area contributed by atoms with E-state index in [1.165, 1.54) is 0 Å². The topological polar surface area (TPSA) is 134 Å². The molecule has 0 unspecified atom stereocenters. The van der Waals surface area contributed by atoms with Crippen LogP contribution in [0.25, 0.3) is 66.5 Å². The highest BCUT2D eigenvalue weighted by Crippen LogP contribution is 2.41. The fraction of sp³-hybridized carbons (Fsp3) is 0. The first-order valence-electron chi connectivity index (χ1n) is 13.6. The van der Waals surface area contributed by atoms with Crippen LogP contribution in [0.15, 0.2) is 103 Å². The van der Waals surface area contributed by atoms with Gasteiger partial charge >= 0.3 is 0 Å². The van der Waals surface area contributed by atoms with Gasteiger partial charge in [0.15, 0.2) is 0 Å². The minimum absolute atomic E-state index is 0.410. The van der Waals surface area contributed by atoms with Crippen molar-refractivity contribution >= 4 is 32.7 Å². The van der Waals surface area contributed by atoms with Gasteiger partial charge in [0.25, 0.3) is 0 Å². The Morgan fingerprint density at radius 1 is 0.455 bits per heavy atom. The van der Waals surface area contributed by atoms with Gasteiger partial charge < -0.3 is 0 Å². The van der Waals surface area contributed by atoms with Gasteiger partial charge in [-0.15, -0.1) is 0 Å². The standard InChI is InChI=1S/C37H17N7/c38-18-22-9-13-24(14-10-22)34-35(25-15-11-23(19-39)12-16-25)44-37-31(43-34)17-27(21-41)32-29-7-3-4-8-30(29)42-36(33(32)37)28-6-2-1-5-26(28)20-40/h1-17H. The average Bonchev–Trinajstić information content (AvgIpc) is 3.10. The van der Waals surface area contributed by atoms with Crippen LogP contribution in [-0.4, -0.2) is 15.0 Å². The highest BCUT2D eigenvalue weighted by atomic mass is 14.8. The molecule has 44 heavy (non-hydrogen) atoms.